The Morgan fingerprint density at radius 1 is 1.08 bits per heavy atom. The average molecular weight is 376 g/mol. The van der Waals surface area contributed by atoms with Crippen LogP contribution in [0, 0.1) is 11.8 Å². The van der Waals surface area contributed by atoms with Gasteiger partial charge >= 0.3 is 17.1 Å². The normalized spacial score (nSPS) is 23.1. The monoisotopic (exact) mass is 376 g/mol. The predicted molar refractivity (Wildman–Crippen MR) is 80.7 cm³/mol. The zero-order valence-electron chi connectivity index (χ0n) is 13.9. The maximum atomic E-state index is 13.4. The lowest BCUT2D eigenvalue weighted by Crippen LogP contribution is -2.46. The van der Waals surface area contributed by atoms with E-state index in [1.165, 1.54) is 0 Å². The third-order valence-electron chi connectivity index (χ3n) is 4.37. The number of ether oxygens (including phenoxy) is 1. The second-order valence-electron chi connectivity index (χ2n) is 6.57. The van der Waals surface area contributed by atoms with Crippen molar-refractivity contribution in [2.45, 2.75) is 63.0 Å². The molecule has 4 nitrogen and oxygen atoms in total. The minimum atomic E-state index is -5.20. The summed E-state index contributed by atoms with van der Waals surface area (Å²) >= 11 is 0. The molecule has 1 fully saturated rings. The lowest BCUT2D eigenvalue weighted by Gasteiger charge is -2.25. The summed E-state index contributed by atoms with van der Waals surface area (Å²) in [7, 11) is -5.20. The predicted octanol–water partition coefficient (Wildman–Crippen LogP) is 3.80. The van der Waals surface area contributed by atoms with Crippen molar-refractivity contribution in [3.05, 3.63) is 0 Å². The molecular weight excluding hydrogens is 352 g/mol. The van der Waals surface area contributed by atoms with Gasteiger partial charge in [0.05, 0.1) is 12.5 Å². The molecule has 0 aromatic rings. The molecular formula is C15H24F4O4S. The van der Waals surface area contributed by atoms with E-state index in [2.05, 4.69) is 6.92 Å². The van der Waals surface area contributed by atoms with Crippen LogP contribution in [-0.2, 0) is 19.4 Å². The largest absolute Gasteiger partial charge is 0.465 e. The van der Waals surface area contributed by atoms with Crippen molar-refractivity contribution in [1.82, 2.24) is 0 Å². The van der Waals surface area contributed by atoms with E-state index < -0.39 is 27.4 Å². The molecule has 0 radical (unpaired) electrons. The van der Waals surface area contributed by atoms with Crippen molar-refractivity contribution in [2.75, 3.05) is 12.9 Å². The van der Waals surface area contributed by atoms with Gasteiger partial charge in [0.1, 0.15) is 0 Å². The molecule has 1 aliphatic carbocycles. The Balaban J connectivity index is 2.32. The molecule has 0 bridgehead atoms. The second-order valence-corrected chi connectivity index (χ2v) is 8.63. The van der Waals surface area contributed by atoms with Gasteiger partial charge in [-0.3, -0.25) is 4.79 Å². The molecule has 1 saturated carbocycles. The Kier molecular flexibility index (Phi) is 7.07. The summed E-state index contributed by atoms with van der Waals surface area (Å²) in [6.45, 7) is 1.97. The summed E-state index contributed by atoms with van der Waals surface area (Å²) < 4.78 is 79.7. The van der Waals surface area contributed by atoms with Crippen LogP contribution in [0.4, 0.5) is 17.6 Å². The number of sulfone groups is 1. The molecule has 0 amide bonds. The quantitative estimate of drug-likeness (QED) is 0.367. The summed E-state index contributed by atoms with van der Waals surface area (Å²) in [5.74, 6) is -4.63. The van der Waals surface area contributed by atoms with E-state index in [0.29, 0.717) is 5.92 Å². The molecule has 0 spiro atoms. The van der Waals surface area contributed by atoms with E-state index in [-0.39, 0.29) is 37.6 Å². The molecule has 0 N–H and O–H groups in total. The van der Waals surface area contributed by atoms with Crippen LogP contribution in [-0.4, -0.2) is 38.4 Å². The van der Waals surface area contributed by atoms with Crippen LogP contribution < -0.4 is 0 Å². The molecule has 0 unspecified atom stereocenters. The van der Waals surface area contributed by atoms with Crippen LogP contribution in [0.1, 0.15) is 51.9 Å². The zero-order chi connectivity index (χ0) is 18.6. The summed E-state index contributed by atoms with van der Waals surface area (Å²) in [5.41, 5.74) is 0. The number of esters is 1. The van der Waals surface area contributed by atoms with Crippen LogP contribution in [0.15, 0.2) is 0 Å². The summed E-state index contributed by atoms with van der Waals surface area (Å²) in [5, 5.41) is -5.10. The van der Waals surface area contributed by atoms with Crippen LogP contribution in [0.5, 0.6) is 0 Å². The van der Waals surface area contributed by atoms with Crippen LogP contribution in [0.2, 0.25) is 0 Å². The molecule has 0 saturated heterocycles. The van der Waals surface area contributed by atoms with E-state index in [1.807, 2.05) is 0 Å². The minimum Gasteiger partial charge on any atom is -0.465 e. The molecule has 0 aromatic heterocycles. The highest BCUT2D eigenvalue weighted by Gasteiger charge is 2.62. The van der Waals surface area contributed by atoms with Crippen molar-refractivity contribution >= 4 is 15.8 Å². The first-order valence-electron chi connectivity index (χ1n) is 8.00. The SMILES string of the molecule is CC1CCC(C(=O)OCCCCC(F)(F)C(F)(F)S(C)(=O)=O)CC1. The van der Waals surface area contributed by atoms with E-state index in [9.17, 15) is 30.8 Å². The number of hydrogen-bond donors (Lipinski definition) is 0. The first-order chi connectivity index (χ1) is 10.9. The third kappa shape index (κ3) is 5.32. The summed E-state index contributed by atoms with van der Waals surface area (Å²) in [6.07, 6.45) is 1.74. The van der Waals surface area contributed by atoms with E-state index in [4.69, 9.17) is 4.74 Å². The molecule has 1 rings (SSSR count). The number of halogens is 4. The standard InChI is InChI=1S/C15H24F4O4S/c1-11-5-7-12(8-6-11)13(20)23-10-4-3-9-14(16,17)15(18,19)24(2,21)22/h11-12H,3-10H2,1-2H3. The minimum absolute atomic E-state index is 0.0235. The Morgan fingerprint density at radius 3 is 2.12 bits per heavy atom. The van der Waals surface area contributed by atoms with Crippen LogP contribution in [0.25, 0.3) is 0 Å². The molecule has 0 heterocycles. The first-order valence-corrected chi connectivity index (χ1v) is 9.89. The summed E-state index contributed by atoms with van der Waals surface area (Å²) in [4.78, 5) is 11.8. The number of hydrogen-bond acceptors (Lipinski definition) is 4. The third-order valence-corrected chi connectivity index (χ3v) is 5.60. The van der Waals surface area contributed by atoms with Crippen molar-refractivity contribution in [1.29, 1.82) is 0 Å². The highest BCUT2D eigenvalue weighted by atomic mass is 32.2. The van der Waals surface area contributed by atoms with Crippen molar-refractivity contribution < 1.29 is 35.5 Å². The second kappa shape index (κ2) is 8.01. The Bertz CT molecular complexity index is 526. The van der Waals surface area contributed by atoms with E-state index in [0.717, 1.165) is 25.7 Å². The average Bonchev–Trinajstić information content (AvgIpc) is 2.46. The fraction of sp³-hybridized carbons (Fsp3) is 0.933. The first kappa shape index (κ1) is 21.2. The molecule has 142 valence electrons. The van der Waals surface area contributed by atoms with Gasteiger partial charge in [-0.15, -0.1) is 0 Å². The van der Waals surface area contributed by atoms with E-state index >= 15 is 0 Å². The number of carbonyl (C=O) groups is 1. The van der Waals surface area contributed by atoms with Crippen molar-refractivity contribution in [2.24, 2.45) is 11.8 Å². The topological polar surface area (TPSA) is 60.4 Å². The fourth-order valence-electron chi connectivity index (χ4n) is 2.65. The smallest absolute Gasteiger partial charge is 0.406 e. The number of rotatable bonds is 8. The maximum absolute atomic E-state index is 13.4. The Hall–Kier alpha value is -0.860. The van der Waals surface area contributed by atoms with Gasteiger partial charge in [0.25, 0.3) is 0 Å². The number of unbranched alkanes of at least 4 members (excludes halogenated alkanes) is 1. The highest BCUT2D eigenvalue weighted by Crippen LogP contribution is 2.41. The maximum Gasteiger partial charge on any atom is 0.406 e. The van der Waals surface area contributed by atoms with Crippen LogP contribution in [0.3, 0.4) is 0 Å². The van der Waals surface area contributed by atoms with Crippen LogP contribution >= 0.6 is 0 Å². The van der Waals surface area contributed by atoms with Gasteiger partial charge < -0.3 is 4.74 Å². The van der Waals surface area contributed by atoms with Gasteiger partial charge in [0.15, 0.2) is 0 Å². The highest BCUT2D eigenvalue weighted by molar-refractivity contribution is 7.91. The lowest BCUT2D eigenvalue weighted by molar-refractivity contribution is -0.162. The Labute approximate surface area is 139 Å². The van der Waals surface area contributed by atoms with Gasteiger partial charge in [-0.2, -0.15) is 17.6 Å². The summed E-state index contributed by atoms with van der Waals surface area (Å²) in [6, 6.07) is 0. The fourth-order valence-corrected chi connectivity index (χ4v) is 3.30. The molecule has 24 heavy (non-hydrogen) atoms. The molecule has 0 aliphatic heterocycles. The molecule has 0 aromatic carbocycles. The molecule has 1 aliphatic rings. The van der Waals surface area contributed by atoms with E-state index in [1.54, 1.807) is 0 Å². The van der Waals surface area contributed by atoms with Crippen molar-refractivity contribution in [3.63, 3.8) is 0 Å². The lowest BCUT2D eigenvalue weighted by atomic mass is 9.83. The number of alkyl halides is 4. The Morgan fingerprint density at radius 2 is 1.62 bits per heavy atom. The number of carbonyl (C=O) groups excluding carboxylic acids is 1. The van der Waals surface area contributed by atoms with Gasteiger partial charge in [-0.25, -0.2) is 8.42 Å². The van der Waals surface area contributed by atoms with Gasteiger partial charge in [-0.05, 0) is 44.4 Å². The molecule has 0 atom stereocenters. The van der Waals surface area contributed by atoms with Crippen molar-refractivity contribution in [3.8, 4) is 0 Å². The molecule has 9 heteroatoms. The zero-order valence-corrected chi connectivity index (χ0v) is 14.7. The van der Waals surface area contributed by atoms with Gasteiger partial charge in [0.2, 0.25) is 9.84 Å². The van der Waals surface area contributed by atoms with Gasteiger partial charge in [0, 0.05) is 12.7 Å². The van der Waals surface area contributed by atoms with Gasteiger partial charge in [-0.1, -0.05) is 6.92 Å².